The van der Waals surface area contributed by atoms with Crippen LogP contribution < -0.4 is 0 Å². The van der Waals surface area contributed by atoms with Crippen LogP contribution in [0.1, 0.15) is 5.56 Å². The summed E-state index contributed by atoms with van der Waals surface area (Å²) in [6.07, 6.45) is 0. The molecule has 3 heteroatoms. The molecule has 1 rings (SSSR count). The Morgan fingerprint density at radius 1 is 1.20 bits per heavy atom. The lowest BCUT2D eigenvalue weighted by Crippen LogP contribution is -1.75. The van der Waals surface area contributed by atoms with Crippen molar-refractivity contribution in [3.63, 3.8) is 0 Å². The van der Waals surface area contributed by atoms with Gasteiger partial charge in [0.05, 0.1) is 0 Å². The zero-order valence-corrected chi connectivity index (χ0v) is 6.80. The largest absolute Gasteiger partial charge is 0.504 e. The Kier molecular flexibility index (Phi) is 2.17. The van der Waals surface area contributed by atoms with Crippen molar-refractivity contribution < 1.29 is 10.2 Å². The first-order chi connectivity index (χ1) is 4.74. The summed E-state index contributed by atoms with van der Waals surface area (Å²) in [4.78, 5) is 0. The van der Waals surface area contributed by atoms with Gasteiger partial charge in [0.2, 0.25) is 0 Å². The molecule has 2 nitrogen and oxygen atoms in total. The van der Waals surface area contributed by atoms with Crippen LogP contribution in [0.4, 0.5) is 0 Å². The molecule has 0 saturated heterocycles. The fourth-order valence-electron chi connectivity index (χ4n) is 0.652. The summed E-state index contributed by atoms with van der Waals surface area (Å²) < 4.78 is 0. The van der Waals surface area contributed by atoms with Crippen molar-refractivity contribution in [3.8, 4) is 11.5 Å². The Morgan fingerprint density at radius 3 is 2.40 bits per heavy atom. The van der Waals surface area contributed by atoms with Gasteiger partial charge in [0, 0.05) is 5.33 Å². The Balaban J connectivity index is 3.04. The van der Waals surface area contributed by atoms with Crippen LogP contribution in [-0.4, -0.2) is 10.2 Å². The molecule has 0 unspecified atom stereocenters. The maximum atomic E-state index is 8.96. The predicted molar refractivity (Wildman–Crippen MR) is 42.4 cm³/mol. The van der Waals surface area contributed by atoms with E-state index in [9.17, 15) is 0 Å². The molecule has 0 aliphatic heterocycles. The molecule has 0 fully saturated rings. The maximum Gasteiger partial charge on any atom is 0.157 e. The number of phenolic OH excluding ortho intramolecular Hbond substituents is 2. The van der Waals surface area contributed by atoms with Gasteiger partial charge in [0.25, 0.3) is 0 Å². The lowest BCUT2D eigenvalue weighted by molar-refractivity contribution is 0.403. The second-order valence-corrected chi connectivity index (χ2v) is 2.52. The van der Waals surface area contributed by atoms with Crippen LogP contribution in [0.5, 0.6) is 11.5 Å². The molecule has 0 aliphatic carbocycles. The van der Waals surface area contributed by atoms with Gasteiger partial charge < -0.3 is 10.2 Å². The number of aromatic hydroxyl groups is 2. The summed E-state index contributed by atoms with van der Waals surface area (Å²) in [6, 6.07) is 4.72. The highest BCUT2D eigenvalue weighted by molar-refractivity contribution is 9.08. The molecule has 0 radical (unpaired) electrons. The summed E-state index contributed by atoms with van der Waals surface area (Å²) >= 11 is 3.22. The highest BCUT2D eigenvalue weighted by atomic mass is 79.9. The Morgan fingerprint density at radius 2 is 1.90 bits per heavy atom. The van der Waals surface area contributed by atoms with Crippen molar-refractivity contribution in [2.75, 3.05) is 0 Å². The van der Waals surface area contributed by atoms with E-state index >= 15 is 0 Å². The first-order valence-electron chi connectivity index (χ1n) is 2.81. The van der Waals surface area contributed by atoms with Gasteiger partial charge in [-0.15, -0.1) is 0 Å². The number of phenols is 2. The van der Waals surface area contributed by atoms with Crippen molar-refractivity contribution >= 4 is 15.9 Å². The number of hydrogen-bond acceptors (Lipinski definition) is 2. The van der Waals surface area contributed by atoms with Crippen LogP contribution in [0.25, 0.3) is 0 Å². The van der Waals surface area contributed by atoms with Crippen LogP contribution in [-0.2, 0) is 5.33 Å². The lowest BCUT2D eigenvalue weighted by atomic mass is 10.2. The third-order valence-corrected chi connectivity index (χ3v) is 1.84. The first-order valence-corrected chi connectivity index (χ1v) is 3.93. The molecule has 1 aromatic carbocycles. The van der Waals surface area contributed by atoms with Gasteiger partial charge in [0.1, 0.15) is 0 Å². The summed E-state index contributed by atoms with van der Waals surface area (Å²) in [5.74, 6) is -0.151. The minimum atomic E-state index is -0.0790. The standard InChI is InChI=1S/C7H7BrO2/c8-4-5-1-2-6(9)7(10)3-5/h1-3,9-10H,4H2. The normalized spacial score (nSPS) is 9.70. The Bertz CT molecular complexity index is 235. The first kappa shape index (κ1) is 7.41. The molecule has 0 spiro atoms. The molecular weight excluding hydrogens is 196 g/mol. The van der Waals surface area contributed by atoms with Crippen LogP contribution in [0.15, 0.2) is 18.2 Å². The highest BCUT2D eigenvalue weighted by Gasteiger charge is 1.97. The van der Waals surface area contributed by atoms with E-state index in [1.54, 1.807) is 6.07 Å². The smallest absolute Gasteiger partial charge is 0.157 e. The number of hydrogen-bond donors (Lipinski definition) is 2. The predicted octanol–water partition coefficient (Wildman–Crippen LogP) is 1.99. The minimum absolute atomic E-state index is 0.0723. The fourth-order valence-corrected chi connectivity index (χ4v) is 1.00. The monoisotopic (exact) mass is 202 g/mol. The second kappa shape index (κ2) is 2.92. The quantitative estimate of drug-likeness (QED) is 0.541. The summed E-state index contributed by atoms with van der Waals surface area (Å²) in [6.45, 7) is 0. The second-order valence-electron chi connectivity index (χ2n) is 1.96. The van der Waals surface area contributed by atoms with E-state index in [1.807, 2.05) is 0 Å². The molecule has 1 aromatic rings. The van der Waals surface area contributed by atoms with Gasteiger partial charge >= 0.3 is 0 Å². The number of benzene rings is 1. The molecule has 0 saturated carbocycles. The SMILES string of the molecule is Oc1ccc(CBr)cc1O. The molecule has 0 atom stereocenters. The van der Waals surface area contributed by atoms with Gasteiger partial charge in [0.15, 0.2) is 11.5 Å². The summed E-state index contributed by atoms with van der Waals surface area (Å²) in [5, 5.41) is 18.5. The molecule has 0 heterocycles. The van der Waals surface area contributed by atoms with E-state index in [1.165, 1.54) is 12.1 Å². The van der Waals surface area contributed by atoms with E-state index in [0.29, 0.717) is 5.33 Å². The molecule has 10 heavy (non-hydrogen) atoms. The number of rotatable bonds is 1. The van der Waals surface area contributed by atoms with Gasteiger partial charge in [-0.05, 0) is 17.7 Å². The van der Waals surface area contributed by atoms with E-state index in [-0.39, 0.29) is 11.5 Å². The van der Waals surface area contributed by atoms with E-state index in [4.69, 9.17) is 10.2 Å². The van der Waals surface area contributed by atoms with Crippen molar-refractivity contribution in [1.82, 2.24) is 0 Å². The zero-order chi connectivity index (χ0) is 7.56. The van der Waals surface area contributed by atoms with Crippen molar-refractivity contribution in [3.05, 3.63) is 23.8 Å². The third kappa shape index (κ3) is 1.42. The van der Waals surface area contributed by atoms with Crippen LogP contribution in [0.3, 0.4) is 0 Å². The number of halogens is 1. The maximum absolute atomic E-state index is 8.96. The van der Waals surface area contributed by atoms with Crippen molar-refractivity contribution in [1.29, 1.82) is 0 Å². The molecule has 0 aliphatic rings. The molecule has 54 valence electrons. The fraction of sp³-hybridized carbons (Fsp3) is 0.143. The Labute approximate surface area is 67.3 Å². The minimum Gasteiger partial charge on any atom is -0.504 e. The molecule has 0 bridgehead atoms. The lowest BCUT2D eigenvalue weighted by Gasteiger charge is -1.98. The van der Waals surface area contributed by atoms with Gasteiger partial charge in [-0.1, -0.05) is 22.0 Å². The van der Waals surface area contributed by atoms with E-state index in [0.717, 1.165) is 5.56 Å². The molecule has 0 amide bonds. The summed E-state index contributed by atoms with van der Waals surface area (Å²) in [5.41, 5.74) is 0.940. The van der Waals surface area contributed by atoms with Crippen LogP contribution >= 0.6 is 15.9 Å². The Hall–Kier alpha value is -0.700. The molecular formula is C7H7BrO2. The van der Waals surface area contributed by atoms with Crippen LogP contribution in [0.2, 0.25) is 0 Å². The third-order valence-electron chi connectivity index (χ3n) is 1.19. The van der Waals surface area contributed by atoms with Gasteiger partial charge in [-0.25, -0.2) is 0 Å². The van der Waals surface area contributed by atoms with Gasteiger partial charge in [-0.2, -0.15) is 0 Å². The van der Waals surface area contributed by atoms with Crippen molar-refractivity contribution in [2.45, 2.75) is 5.33 Å². The highest BCUT2D eigenvalue weighted by Crippen LogP contribution is 2.25. The molecule has 0 aromatic heterocycles. The van der Waals surface area contributed by atoms with Gasteiger partial charge in [-0.3, -0.25) is 0 Å². The van der Waals surface area contributed by atoms with E-state index in [2.05, 4.69) is 15.9 Å². The summed E-state index contributed by atoms with van der Waals surface area (Å²) in [7, 11) is 0. The van der Waals surface area contributed by atoms with E-state index < -0.39 is 0 Å². The average molecular weight is 203 g/mol. The van der Waals surface area contributed by atoms with Crippen molar-refractivity contribution in [2.24, 2.45) is 0 Å². The zero-order valence-electron chi connectivity index (χ0n) is 5.21. The topological polar surface area (TPSA) is 40.5 Å². The number of alkyl halides is 1. The van der Waals surface area contributed by atoms with Crippen LogP contribution in [0, 0.1) is 0 Å². The average Bonchev–Trinajstić information content (AvgIpc) is 1.95. The molecule has 2 N–H and O–H groups in total.